The number of hydrogen-bond donors (Lipinski definition) is 2. The van der Waals surface area contributed by atoms with Gasteiger partial charge in [-0.2, -0.15) is 0 Å². The van der Waals surface area contributed by atoms with Gasteiger partial charge in [0.05, 0.1) is 12.1 Å². The predicted octanol–water partition coefficient (Wildman–Crippen LogP) is -0.0758. The summed E-state index contributed by atoms with van der Waals surface area (Å²) in [5.74, 6) is -0.393. The van der Waals surface area contributed by atoms with Crippen molar-refractivity contribution in [3.05, 3.63) is 16.3 Å². The number of likely N-dealkylation sites (N-methyl/N-ethyl adjacent to an activating group) is 1. The molecule has 3 N–H and O–H groups in total. The molecule has 1 aromatic heterocycles. The zero-order valence-corrected chi connectivity index (χ0v) is 14.3. The van der Waals surface area contributed by atoms with Crippen molar-refractivity contribution in [3.8, 4) is 0 Å². The van der Waals surface area contributed by atoms with Gasteiger partial charge in [-0.3, -0.25) is 4.79 Å². The number of piperidine rings is 1. The molecule has 0 radical (unpaired) electrons. The molecule has 0 saturated carbocycles. The third kappa shape index (κ3) is 3.85. The van der Waals surface area contributed by atoms with Gasteiger partial charge in [-0.05, 0) is 38.4 Å². The van der Waals surface area contributed by atoms with Crippen molar-refractivity contribution in [2.45, 2.75) is 23.3 Å². The number of carbonyl (C=O) groups excluding carboxylic acids is 1. The van der Waals surface area contributed by atoms with Crippen LogP contribution < -0.4 is 5.14 Å². The Labute approximate surface area is 134 Å². The van der Waals surface area contributed by atoms with Crippen LogP contribution in [0.5, 0.6) is 0 Å². The fraction of sp³-hybridized carbons (Fsp3) is 0.615. The number of aliphatic hydroxyl groups is 1. The number of hydrogen-bond acceptors (Lipinski definition) is 6. The third-order valence-electron chi connectivity index (χ3n) is 3.58. The molecule has 9 heteroatoms. The molecule has 0 spiro atoms. The number of primary sulfonamides is 1. The molecule has 1 saturated heterocycles. The Morgan fingerprint density at radius 1 is 1.55 bits per heavy atom. The summed E-state index contributed by atoms with van der Waals surface area (Å²) in [7, 11) is -0.213. The Hall–Kier alpha value is -1.00. The van der Waals surface area contributed by atoms with Crippen molar-refractivity contribution in [1.29, 1.82) is 0 Å². The SMILES string of the molecule is CN(C)C[C@@]1(O)CCCN(C(=O)c2sccc2S(N)(=O)=O)C1. The van der Waals surface area contributed by atoms with Crippen molar-refractivity contribution < 1.29 is 18.3 Å². The molecule has 1 aliphatic heterocycles. The lowest BCUT2D eigenvalue weighted by Gasteiger charge is -2.40. The van der Waals surface area contributed by atoms with E-state index < -0.39 is 21.5 Å². The second-order valence-corrected chi connectivity index (χ2v) is 8.40. The first-order chi connectivity index (χ1) is 10.1. The normalized spacial score (nSPS) is 23.0. The molecule has 22 heavy (non-hydrogen) atoms. The lowest BCUT2D eigenvalue weighted by Crippen LogP contribution is -2.54. The molecule has 1 atom stereocenters. The van der Waals surface area contributed by atoms with Gasteiger partial charge in [-0.25, -0.2) is 13.6 Å². The molecular formula is C13H21N3O4S2. The molecule has 124 valence electrons. The minimum atomic E-state index is -3.93. The quantitative estimate of drug-likeness (QED) is 0.793. The van der Waals surface area contributed by atoms with Gasteiger partial charge in [-0.1, -0.05) is 0 Å². The maximum Gasteiger partial charge on any atom is 0.265 e. The zero-order chi connectivity index (χ0) is 16.5. The Bertz CT molecular complexity index is 656. The largest absolute Gasteiger partial charge is 0.387 e. The molecule has 0 bridgehead atoms. The summed E-state index contributed by atoms with van der Waals surface area (Å²) < 4.78 is 23.1. The van der Waals surface area contributed by atoms with E-state index in [0.29, 0.717) is 25.9 Å². The average Bonchev–Trinajstić information content (AvgIpc) is 2.85. The van der Waals surface area contributed by atoms with E-state index in [0.717, 1.165) is 11.3 Å². The minimum absolute atomic E-state index is 0.108. The van der Waals surface area contributed by atoms with Crippen LogP contribution in [0.4, 0.5) is 0 Å². The van der Waals surface area contributed by atoms with E-state index in [9.17, 15) is 18.3 Å². The second kappa shape index (κ2) is 6.25. The van der Waals surface area contributed by atoms with Crippen LogP contribution in [0.1, 0.15) is 22.5 Å². The summed E-state index contributed by atoms with van der Waals surface area (Å²) in [5, 5.41) is 17.3. The van der Waals surface area contributed by atoms with Crippen LogP contribution in [0, 0.1) is 0 Å². The van der Waals surface area contributed by atoms with Crippen LogP contribution in [0.25, 0.3) is 0 Å². The molecule has 0 unspecified atom stereocenters. The van der Waals surface area contributed by atoms with E-state index in [1.54, 1.807) is 0 Å². The van der Waals surface area contributed by atoms with Gasteiger partial charge in [0.1, 0.15) is 9.77 Å². The first kappa shape index (κ1) is 17.4. The van der Waals surface area contributed by atoms with Gasteiger partial charge >= 0.3 is 0 Å². The molecule has 1 aromatic rings. The lowest BCUT2D eigenvalue weighted by molar-refractivity contribution is -0.0391. The maximum absolute atomic E-state index is 12.6. The van der Waals surface area contributed by atoms with Crippen LogP contribution >= 0.6 is 11.3 Å². The van der Waals surface area contributed by atoms with Crippen LogP contribution in [0.15, 0.2) is 16.3 Å². The maximum atomic E-state index is 12.6. The lowest BCUT2D eigenvalue weighted by atomic mass is 9.92. The van der Waals surface area contributed by atoms with Crippen LogP contribution in [-0.4, -0.2) is 68.6 Å². The van der Waals surface area contributed by atoms with Gasteiger partial charge in [0.25, 0.3) is 5.91 Å². The van der Waals surface area contributed by atoms with Gasteiger partial charge < -0.3 is 14.9 Å². The van der Waals surface area contributed by atoms with E-state index in [2.05, 4.69) is 0 Å². The number of rotatable bonds is 4. The number of nitrogens with two attached hydrogens (primary N) is 1. The molecule has 0 aliphatic carbocycles. The highest BCUT2D eigenvalue weighted by molar-refractivity contribution is 7.89. The summed E-state index contributed by atoms with van der Waals surface area (Å²) in [5.41, 5.74) is -0.976. The molecule has 1 fully saturated rings. The zero-order valence-electron chi connectivity index (χ0n) is 12.7. The van der Waals surface area contributed by atoms with E-state index in [1.165, 1.54) is 16.3 Å². The summed E-state index contributed by atoms with van der Waals surface area (Å²) in [6.45, 7) is 1.13. The predicted molar refractivity (Wildman–Crippen MR) is 84.3 cm³/mol. The number of likely N-dealkylation sites (tertiary alicyclic amines) is 1. The smallest absolute Gasteiger partial charge is 0.265 e. The fourth-order valence-electron chi connectivity index (χ4n) is 2.82. The number of amides is 1. The first-order valence-electron chi connectivity index (χ1n) is 6.89. The van der Waals surface area contributed by atoms with E-state index in [4.69, 9.17) is 5.14 Å². The van der Waals surface area contributed by atoms with Crippen LogP contribution in [-0.2, 0) is 10.0 Å². The molecule has 7 nitrogen and oxygen atoms in total. The van der Waals surface area contributed by atoms with Crippen molar-refractivity contribution in [2.75, 3.05) is 33.7 Å². The third-order valence-corrected chi connectivity index (χ3v) is 5.57. The number of nitrogens with zero attached hydrogens (tertiary/aromatic N) is 2. The summed E-state index contributed by atoms with van der Waals surface area (Å²) in [4.78, 5) is 15.9. The van der Waals surface area contributed by atoms with Crippen LogP contribution in [0.2, 0.25) is 0 Å². The van der Waals surface area contributed by atoms with Gasteiger partial charge in [-0.15, -0.1) is 11.3 Å². The Morgan fingerprint density at radius 3 is 2.82 bits per heavy atom. The summed E-state index contributed by atoms with van der Waals surface area (Å²) in [6.07, 6.45) is 1.29. The minimum Gasteiger partial charge on any atom is -0.387 e. The Balaban J connectivity index is 2.22. The van der Waals surface area contributed by atoms with Crippen molar-refractivity contribution in [3.63, 3.8) is 0 Å². The topological polar surface area (TPSA) is 104 Å². The second-order valence-electron chi connectivity index (χ2n) is 5.95. The number of carbonyl (C=O) groups is 1. The number of sulfonamides is 1. The molecule has 1 aliphatic rings. The number of β-amino-alcohol motifs (C(OH)–C–C–N with tert-alkyl or cyclic N) is 1. The van der Waals surface area contributed by atoms with Gasteiger partial charge in [0.15, 0.2) is 0 Å². The molecule has 1 amide bonds. The van der Waals surface area contributed by atoms with Crippen molar-refractivity contribution >= 4 is 27.3 Å². The van der Waals surface area contributed by atoms with E-state index in [-0.39, 0.29) is 16.3 Å². The van der Waals surface area contributed by atoms with Crippen molar-refractivity contribution in [2.24, 2.45) is 5.14 Å². The van der Waals surface area contributed by atoms with E-state index in [1.807, 2.05) is 19.0 Å². The molecule has 2 heterocycles. The van der Waals surface area contributed by atoms with Gasteiger partial charge in [0, 0.05) is 13.1 Å². The Morgan fingerprint density at radius 2 is 2.23 bits per heavy atom. The van der Waals surface area contributed by atoms with Crippen LogP contribution in [0.3, 0.4) is 0 Å². The average molecular weight is 347 g/mol. The Kier molecular flexibility index (Phi) is 4.93. The van der Waals surface area contributed by atoms with Crippen molar-refractivity contribution in [1.82, 2.24) is 9.80 Å². The summed E-state index contributed by atoms with van der Waals surface area (Å²) >= 11 is 1.05. The van der Waals surface area contributed by atoms with Gasteiger partial charge in [0.2, 0.25) is 10.0 Å². The first-order valence-corrected chi connectivity index (χ1v) is 9.32. The molecule has 2 rings (SSSR count). The van der Waals surface area contributed by atoms with E-state index >= 15 is 0 Å². The molecular weight excluding hydrogens is 326 g/mol. The molecule has 0 aromatic carbocycles. The fourth-order valence-corrected chi connectivity index (χ4v) is 4.76. The highest BCUT2D eigenvalue weighted by Gasteiger charge is 2.37. The highest BCUT2D eigenvalue weighted by atomic mass is 32.2. The monoisotopic (exact) mass is 347 g/mol. The highest BCUT2D eigenvalue weighted by Crippen LogP contribution is 2.27. The summed E-state index contributed by atoms with van der Waals surface area (Å²) in [6, 6.07) is 1.34. The number of thiophene rings is 1. The standard InChI is InChI=1S/C13H21N3O4S2/c1-15(2)8-13(18)5-3-6-16(9-13)12(17)11-10(4-7-21-11)22(14,19)20/h4,7,18H,3,5-6,8-9H2,1-2H3,(H2,14,19,20)/t13-/m0/s1.